The molecule has 0 unspecified atom stereocenters. The highest BCUT2D eigenvalue weighted by Crippen LogP contribution is 2.06. The number of nitrogens with one attached hydrogen (secondary N) is 1. The molecule has 0 spiro atoms. The minimum absolute atomic E-state index is 0.0285. The number of carboxylic acids is 1. The van der Waals surface area contributed by atoms with Gasteiger partial charge in [-0.1, -0.05) is 30.3 Å². The first kappa shape index (κ1) is 22.5. The molecule has 9 nitrogen and oxygen atoms in total. The number of pyridine rings is 1. The number of amides is 1. The molecule has 0 aliphatic rings. The van der Waals surface area contributed by atoms with Crippen LogP contribution in [0.3, 0.4) is 0 Å². The number of carbonyl (C=O) groups excluding carboxylic acids is 3. The maximum Gasteiger partial charge on any atom is 0.328 e. The maximum absolute atomic E-state index is 12.4. The minimum Gasteiger partial charge on any atom is -0.481 e. The molecule has 0 fully saturated rings. The van der Waals surface area contributed by atoms with Crippen LogP contribution < -0.4 is 10.9 Å². The summed E-state index contributed by atoms with van der Waals surface area (Å²) >= 11 is 0. The molecule has 1 heterocycles. The zero-order valence-corrected chi connectivity index (χ0v) is 16.4. The molecule has 1 atom stereocenters. The molecule has 0 bridgehead atoms. The molecule has 0 saturated carbocycles. The third kappa shape index (κ3) is 6.69. The Bertz CT molecular complexity index is 982. The van der Waals surface area contributed by atoms with Gasteiger partial charge in [0.2, 0.25) is 5.91 Å². The summed E-state index contributed by atoms with van der Waals surface area (Å²) in [5, 5.41) is 11.3. The summed E-state index contributed by atoms with van der Waals surface area (Å²) in [5.41, 5.74) is 0.0469. The highest BCUT2D eigenvalue weighted by Gasteiger charge is 2.24. The van der Waals surface area contributed by atoms with E-state index in [4.69, 9.17) is 9.84 Å². The van der Waals surface area contributed by atoms with E-state index < -0.39 is 41.8 Å². The van der Waals surface area contributed by atoms with Gasteiger partial charge in [0.05, 0.1) is 5.56 Å². The number of carboxylic acid groups (broad SMARTS) is 1. The first-order valence-electron chi connectivity index (χ1n) is 9.20. The zero-order chi connectivity index (χ0) is 22.1. The van der Waals surface area contributed by atoms with Gasteiger partial charge in [-0.15, -0.1) is 0 Å². The van der Waals surface area contributed by atoms with Crippen molar-refractivity contribution in [2.24, 2.45) is 0 Å². The Balaban J connectivity index is 2.06. The Labute approximate surface area is 172 Å². The summed E-state index contributed by atoms with van der Waals surface area (Å²) in [6, 6.07) is 10.5. The normalized spacial score (nSPS) is 11.4. The van der Waals surface area contributed by atoms with Gasteiger partial charge in [0, 0.05) is 12.6 Å². The standard InChI is InChI=1S/C21H22N2O7/c1-14(24)16-8-5-11-23(20(16)28)12-18(25)22-17(9-10-19(26)27)21(29)30-13-15-6-3-2-4-7-15/h2-8,11,17H,9-10,12-13H2,1H3,(H,22,25)(H,26,27)/t17-/m0/s1. The average Bonchev–Trinajstić information content (AvgIpc) is 2.71. The van der Waals surface area contributed by atoms with E-state index in [0.717, 1.165) is 10.1 Å². The molecule has 2 rings (SSSR count). The van der Waals surface area contributed by atoms with E-state index >= 15 is 0 Å². The van der Waals surface area contributed by atoms with Crippen molar-refractivity contribution in [1.29, 1.82) is 0 Å². The van der Waals surface area contributed by atoms with Gasteiger partial charge in [0.15, 0.2) is 5.78 Å². The van der Waals surface area contributed by atoms with Crippen molar-refractivity contribution in [3.63, 3.8) is 0 Å². The fourth-order valence-electron chi connectivity index (χ4n) is 2.67. The van der Waals surface area contributed by atoms with Crippen molar-refractivity contribution in [3.05, 3.63) is 70.1 Å². The molecule has 158 valence electrons. The molecule has 1 aromatic heterocycles. The van der Waals surface area contributed by atoms with E-state index in [-0.39, 0.29) is 25.0 Å². The van der Waals surface area contributed by atoms with Gasteiger partial charge in [-0.3, -0.25) is 19.2 Å². The molecule has 0 aliphatic carbocycles. The van der Waals surface area contributed by atoms with Crippen LogP contribution in [0.1, 0.15) is 35.7 Å². The van der Waals surface area contributed by atoms with Crippen molar-refractivity contribution in [2.75, 3.05) is 0 Å². The van der Waals surface area contributed by atoms with Crippen molar-refractivity contribution in [1.82, 2.24) is 9.88 Å². The summed E-state index contributed by atoms with van der Waals surface area (Å²) in [6.07, 6.45) is 0.816. The maximum atomic E-state index is 12.4. The van der Waals surface area contributed by atoms with Crippen molar-refractivity contribution in [3.8, 4) is 0 Å². The summed E-state index contributed by atoms with van der Waals surface area (Å²) in [5.74, 6) is -3.03. The quantitative estimate of drug-likeness (QED) is 0.440. The molecular formula is C21H22N2O7. The molecule has 9 heteroatoms. The first-order chi connectivity index (χ1) is 14.3. The van der Waals surface area contributed by atoms with E-state index in [2.05, 4.69) is 5.32 Å². The molecule has 0 radical (unpaired) electrons. The van der Waals surface area contributed by atoms with Crippen molar-refractivity contribution < 1.29 is 29.0 Å². The summed E-state index contributed by atoms with van der Waals surface area (Å²) < 4.78 is 6.23. The molecule has 0 saturated heterocycles. The summed E-state index contributed by atoms with van der Waals surface area (Å²) in [7, 11) is 0. The lowest BCUT2D eigenvalue weighted by atomic mass is 10.1. The first-order valence-corrected chi connectivity index (χ1v) is 9.20. The Morgan fingerprint density at radius 2 is 1.80 bits per heavy atom. The lowest BCUT2D eigenvalue weighted by molar-refractivity contribution is -0.149. The Kier molecular flexibility index (Phi) is 8.04. The number of nitrogens with zero attached hydrogens (tertiary/aromatic N) is 1. The topological polar surface area (TPSA) is 132 Å². The minimum atomic E-state index is -1.19. The predicted molar refractivity (Wildman–Crippen MR) is 106 cm³/mol. The van der Waals surface area contributed by atoms with E-state index in [9.17, 15) is 24.0 Å². The van der Waals surface area contributed by atoms with Crippen LogP contribution in [0.25, 0.3) is 0 Å². The number of aromatic nitrogens is 1. The van der Waals surface area contributed by atoms with E-state index in [1.54, 1.807) is 24.3 Å². The Morgan fingerprint density at radius 1 is 1.10 bits per heavy atom. The second-order valence-electron chi connectivity index (χ2n) is 6.56. The number of ketones is 1. The van der Waals surface area contributed by atoms with Gasteiger partial charge in [-0.2, -0.15) is 0 Å². The van der Waals surface area contributed by atoms with Crippen LogP contribution in [0.5, 0.6) is 0 Å². The van der Waals surface area contributed by atoms with Crippen LogP contribution in [0, 0.1) is 0 Å². The molecule has 1 amide bonds. The molecular weight excluding hydrogens is 392 g/mol. The van der Waals surface area contributed by atoms with Gasteiger partial charge in [0.25, 0.3) is 5.56 Å². The lowest BCUT2D eigenvalue weighted by Crippen LogP contribution is -2.44. The number of hydrogen-bond donors (Lipinski definition) is 2. The second kappa shape index (κ2) is 10.7. The fourth-order valence-corrected chi connectivity index (χ4v) is 2.67. The van der Waals surface area contributed by atoms with Crippen molar-refractivity contribution >= 4 is 23.6 Å². The van der Waals surface area contributed by atoms with Crippen LogP contribution in [0.4, 0.5) is 0 Å². The number of ether oxygens (including phenoxy) is 1. The van der Waals surface area contributed by atoms with Crippen molar-refractivity contribution in [2.45, 2.75) is 39.0 Å². The van der Waals surface area contributed by atoms with Gasteiger partial charge < -0.3 is 19.7 Å². The zero-order valence-electron chi connectivity index (χ0n) is 16.4. The molecule has 2 N–H and O–H groups in total. The van der Waals surface area contributed by atoms with E-state index in [0.29, 0.717) is 0 Å². The number of hydrogen-bond acceptors (Lipinski definition) is 6. The molecule has 1 aromatic carbocycles. The van der Waals surface area contributed by atoms with Crippen LogP contribution in [0.2, 0.25) is 0 Å². The molecule has 2 aromatic rings. The van der Waals surface area contributed by atoms with Crippen LogP contribution in [-0.2, 0) is 32.3 Å². The number of rotatable bonds is 10. The molecule has 0 aliphatic heterocycles. The van der Waals surface area contributed by atoms with Gasteiger partial charge >= 0.3 is 11.9 Å². The van der Waals surface area contributed by atoms with Gasteiger partial charge in [-0.25, -0.2) is 4.79 Å². The van der Waals surface area contributed by atoms with E-state index in [1.165, 1.54) is 25.3 Å². The monoisotopic (exact) mass is 414 g/mol. The largest absolute Gasteiger partial charge is 0.481 e. The second-order valence-corrected chi connectivity index (χ2v) is 6.56. The van der Waals surface area contributed by atoms with Crippen LogP contribution in [-0.4, -0.2) is 39.3 Å². The van der Waals surface area contributed by atoms with Gasteiger partial charge in [0.1, 0.15) is 19.2 Å². The third-order valence-electron chi connectivity index (χ3n) is 4.20. The SMILES string of the molecule is CC(=O)c1cccn(CC(=O)N[C@@H](CCC(=O)O)C(=O)OCc2ccccc2)c1=O. The fraction of sp³-hybridized carbons (Fsp3) is 0.286. The summed E-state index contributed by atoms with van der Waals surface area (Å²) in [4.78, 5) is 59.4. The number of Topliss-reactive ketones (excluding diaryl/α,β-unsaturated/α-hetero) is 1. The smallest absolute Gasteiger partial charge is 0.328 e. The highest BCUT2D eigenvalue weighted by atomic mass is 16.5. The number of carbonyl (C=O) groups is 4. The summed E-state index contributed by atoms with van der Waals surface area (Å²) in [6.45, 7) is 0.778. The number of benzene rings is 1. The van der Waals surface area contributed by atoms with Crippen LogP contribution >= 0.6 is 0 Å². The van der Waals surface area contributed by atoms with E-state index in [1.807, 2.05) is 6.07 Å². The number of esters is 1. The predicted octanol–water partition coefficient (Wildman–Crippen LogP) is 1.14. The number of aliphatic carboxylic acids is 1. The average molecular weight is 414 g/mol. The molecule has 30 heavy (non-hydrogen) atoms. The Morgan fingerprint density at radius 3 is 2.43 bits per heavy atom. The van der Waals surface area contributed by atoms with Crippen LogP contribution in [0.15, 0.2) is 53.5 Å². The third-order valence-corrected chi connectivity index (χ3v) is 4.20. The van der Waals surface area contributed by atoms with Gasteiger partial charge in [-0.05, 0) is 31.0 Å². The highest BCUT2D eigenvalue weighted by molar-refractivity contribution is 5.93. The lowest BCUT2D eigenvalue weighted by Gasteiger charge is -2.17. The Hall–Kier alpha value is -3.75.